The molecule has 1 atom stereocenters. The fourth-order valence-corrected chi connectivity index (χ4v) is 1.48. The number of rotatable bonds is 2. The van der Waals surface area contributed by atoms with Crippen LogP contribution < -0.4 is 5.73 Å². The third-order valence-corrected chi connectivity index (χ3v) is 2.86. The molecule has 1 unspecified atom stereocenters. The molecule has 1 rings (SSSR count). The first-order valence-electron chi connectivity index (χ1n) is 4.89. The lowest BCUT2D eigenvalue weighted by Crippen LogP contribution is -2.27. The zero-order chi connectivity index (χ0) is 10.6. The number of hydrogen-bond donors (Lipinski definition) is 1. The van der Waals surface area contributed by atoms with Gasteiger partial charge in [0.25, 0.3) is 0 Å². The maximum atomic E-state index is 5.33. The minimum atomic E-state index is -0.143. The molecule has 0 saturated heterocycles. The highest BCUT2D eigenvalue weighted by atomic mass is 14.5. The maximum absolute atomic E-state index is 5.33. The second kappa shape index (κ2) is 4.19. The van der Waals surface area contributed by atoms with Gasteiger partial charge in [0.2, 0.25) is 0 Å². The molecule has 0 amide bonds. The van der Waals surface area contributed by atoms with E-state index in [1.807, 2.05) is 18.2 Å². The van der Waals surface area contributed by atoms with Crippen molar-refractivity contribution in [2.75, 3.05) is 0 Å². The predicted octanol–water partition coefficient (Wildman–Crippen LogP) is 2.52. The van der Waals surface area contributed by atoms with Gasteiger partial charge in [-0.2, -0.15) is 0 Å². The molecule has 2 N–H and O–H groups in total. The molecule has 0 aromatic heterocycles. The Hall–Kier alpha value is -1.42. The van der Waals surface area contributed by atoms with Crippen molar-refractivity contribution in [3.05, 3.63) is 35.9 Å². The van der Waals surface area contributed by atoms with Gasteiger partial charge in [0.1, 0.15) is 0 Å². The van der Waals surface area contributed by atoms with Gasteiger partial charge in [-0.05, 0) is 18.4 Å². The van der Waals surface area contributed by atoms with Gasteiger partial charge in [0.15, 0.2) is 0 Å². The number of hydrogen-bond acceptors (Lipinski definition) is 1. The van der Waals surface area contributed by atoms with E-state index >= 15 is 0 Å². The van der Waals surface area contributed by atoms with E-state index in [2.05, 4.69) is 44.9 Å². The summed E-state index contributed by atoms with van der Waals surface area (Å²) in [5.74, 6) is 3.55. The summed E-state index contributed by atoms with van der Waals surface area (Å²) in [6.45, 7) is 6.46. The molecule has 1 heteroatoms. The fraction of sp³-hybridized carbons (Fsp3) is 0.385. The Morgan fingerprint density at radius 1 is 1.21 bits per heavy atom. The van der Waals surface area contributed by atoms with Gasteiger partial charge in [-0.1, -0.05) is 50.1 Å². The Labute approximate surface area is 86.3 Å². The van der Waals surface area contributed by atoms with Crippen molar-refractivity contribution in [2.45, 2.75) is 26.2 Å². The quantitative estimate of drug-likeness (QED) is 0.559. The fourth-order valence-electron chi connectivity index (χ4n) is 1.48. The van der Waals surface area contributed by atoms with Crippen LogP contribution in [-0.2, 0) is 5.41 Å². The van der Waals surface area contributed by atoms with E-state index in [0.717, 1.165) is 0 Å². The number of nitrogens with two attached hydrogens (primary N) is 1. The van der Waals surface area contributed by atoms with Crippen LogP contribution in [0.1, 0.15) is 26.3 Å². The third kappa shape index (κ3) is 1.90. The monoisotopic (exact) mass is 187 g/mol. The highest BCUT2D eigenvalue weighted by molar-refractivity contribution is 5.34. The van der Waals surface area contributed by atoms with Crippen LogP contribution >= 0.6 is 0 Å². The van der Waals surface area contributed by atoms with Crippen molar-refractivity contribution in [3.63, 3.8) is 0 Å². The Bertz CT molecular complexity index is 342. The lowest BCUT2D eigenvalue weighted by Gasteiger charge is -2.28. The zero-order valence-corrected chi connectivity index (χ0v) is 9.04. The van der Waals surface area contributed by atoms with Crippen molar-refractivity contribution in [1.82, 2.24) is 0 Å². The molecule has 14 heavy (non-hydrogen) atoms. The van der Waals surface area contributed by atoms with Gasteiger partial charge in [-0.25, -0.2) is 0 Å². The second-order valence-electron chi connectivity index (χ2n) is 3.99. The van der Waals surface area contributed by atoms with E-state index in [1.165, 1.54) is 5.56 Å². The van der Waals surface area contributed by atoms with Gasteiger partial charge in [-0.15, -0.1) is 0 Å². The van der Waals surface area contributed by atoms with E-state index < -0.39 is 0 Å². The Kier molecular flexibility index (Phi) is 3.19. The molecule has 0 spiro atoms. The van der Waals surface area contributed by atoms with Crippen molar-refractivity contribution >= 4 is 0 Å². The Morgan fingerprint density at radius 2 is 1.79 bits per heavy atom. The van der Waals surface area contributed by atoms with E-state index in [9.17, 15) is 0 Å². The van der Waals surface area contributed by atoms with Gasteiger partial charge in [-0.3, -0.25) is 0 Å². The van der Waals surface area contributed by atoms with Gasteiger partial charge >= 0.3 is 0 Å². The highest BCUT2D eigenvalue weighted by Crippen LogP contribution is 2.30. The summed E-state index contributed by atoms with van der Waals surface area (Å²) in [6, 6.07) is 12.8. The molecule has 1 aromatic rings. The first kappa shape index (κ1) is 10.7. The minimum absolute atomic E-state index is 0.143. The van der Waals surface area contributed by atoms with Crippen LogP contribution in [0.25, 0.3) is 0 Å². The van der Waals surface area contributed by atoms with Crippen molar-refractivity contribution in [3.8, 4) is 12.0 Å². The normalized spacial score (nSPS) is 14.3. The van der Waals surface area contributed by atoms with Crippen LogP contribution in [0.15, 0.2) is 30.3 Å². The molecule has 0 saturated carbocycles. The van der Waals surface area contributed by atoms with Crippen LogP contribution in [0, 0.1) is 17.9 Å². The molecule has 0 aliphatic rings. The van der Waals surface area contributed by atoms with Crippen LogP contribution in [0.2, 0.25) is 0 Å². The topological polar surface area (TPSA) is 26.0 Å². The van der Waals surface area contributed by atoms with E-state index in [1.54, 1.807) is 0 Å². The minimum Gasteiger partial charge on any atom is -0.359 e. The van der Waals surface area contributed by atoms with Gasteiger partial charge in [0.05, 0.1) is 5.41 Å². The Balaban J connectivity index is 3.17. The third-order valence-electron chi connectivity index (χ3n) is 2.86. The molecular formula is C13H17N. The molecule has 0 aliphatic heterocycles. The average Bonchev–Trinajstić information content (AvgIpc) is 2.19. The molecule has 0 radical (unpaired) electrons. The molecule has 0 heterocycles. The maximum Gasteiger partial charge on any atom is 0.0575 e. The standard InChI is InChI=1S/C13H17N/c1-11(2)13(3,9-10-14)12-7-5-4-6-8-12/h4-8,11H,14H2,1-3H3. The predicted molar refractivity (Wildman–Crippen MR) is 60.6 cm³/mol. The number of benzene rings is 1. The summed E-state index contributed by atoms with van der Waals surface area (Å²) in [5, 5.41) is 0. The van der Waals surface area contributed by atoms with Crippen molar-refractivity contribution in [1.29, 1.82) is 0 Å². The summed E-state index contributed by atoms with van der Waals surface area (Å²) in [5.41, 5.74) is 6.42. The Morgan fingerprint density at radius 3 is 2.21 bits per heavy atom. The largest absolute Gasteiger partial charge is 0.359 e. The molecule has 0 bridgehead atoms. The lowest BCUT2D eigenvalue weighted by atomic mass is 9.74. The average molecular weight is 187 g/mol. The smallest absolute Gasteiger partial charge is 0.0575 e. The molecule has 1 aromatic carbocycles. The van der Waals surface area contributed by atoms with E-state index in [4.69, 9.17) is 5.73 Å². The summed E-state index contributed by atoms with van der Waals surface area (Å²) in [7, 11) is 0. The first-order valence-corrected chi connectivity index (χ1v) is 4.89. The first-order chi connectivity index (χ1) is 6.61. The lowest BCUT2D eigenvalue weighted by molar-refractivity contribution is 0.436. The van der Waals surface area contributed by atoms with Crippen LogP contribution in [0.4, 0.5) is 0 Å². The SMILES string of the molecule is CC(C)C(C)(C#CN)c1ccccc1. The van der Waals surface area contributed by atoms with Crippen LogP contribution in [-0.4, -0.2) is 0 Å². The van der Waals surface area contributed by atoms with E-state index in [0.29, 0.717) is 5.92 Å². The summed E-state index contributed by atoms with van der Waals surface area (Å²) >= 11 is 0. The molecular weight excluding hydrogens is 170 g/mol. The van der Waals surface area contributed by atoms with Crippen molar-refractivity contribution < 1.29 is 0 Å². The molecule has 0 fully saturated rings. The second-order valence-corrected chi connectivity index (χ2v) is 3.99. The molecule has 74 valence electrons. The zero-order valence-electron chi connectivity index (χ0n) is 9.04. The van der Waals surface area contributed by atoms with Crippen LogP contribution in [0.5, 0.6) is 0 Å². The van der Waals surface area contributed by atoms with Crippen LogP contribution in [0.3, 0.4) is 0 Å². The van der Waals surface area contributed by atoms with Crippen molar-refractivity contribution in [2.24, 2.45) is 11.7 Å². The van der Waals surface area contributed by atoms with Gasteiger partial charge in [0, 0.05) is 6.04 Å². The van der Waals surface area contributed by atoms with Gasteiger partial charge < -0.3 is 5.73 Å². The molecule has 1 nitrogen and oxygen atoms in total. The highest BCUT2D eigenvalue weighted by Gasteiger charge is 2.27. The summed E-state index contributed by atoms with van der Waals surface area (Å²) in [4.78, 5) is 0. The molecule has 0 aliphatic carbocycles. The summed E-state index contributed by atoms with van der Waals surface area (Å²) < 4.78 is 0. The summed E-state index contributed by atoms with van der Waals surface area (Å²) in [6.07, 6.45) is 0. The van der Waals surface area contributed by atoms with E-state index in [-0.39, 0.29) is 5.41 Å².